The molecule has 2 aromatic rings. The Labute approximate surface area is 142 Å². The first-order valence-electron chi connectivity index (χ1n) is 7.13. The van der Waals surface area contributed by atoms with Crippen LogP contribution >= 0.6 is 11.3 Å². The first kappa shape index (κ1) is 18.1. The van der Waals surface area contributed by atoms with E-state index in [1.165, 1.54) is 6.07 Å². The van der Waals surface area contributed by atoms with E-state index in [2.05, 4.69) is 10.3 Å². The summed E-state index contributed by atoms with van der Waals surface area (Å²) in [7, 11) is 0. The molecule has 1 aromatic heterocycles. The summed E-state index contributed by atoms with van der Waals surface area (Å²) in [5, 5.41) is 12.2. The van der Waals surface area contributed by atoms with Crippen LogP contribution in [0.1, 0.15) is 32.7 Å². The van der Waals surface area contributed by atoms with E-state index in [0.717, 1.165) is 22.1 Å². The van der Waals surface area contributed by atoms with Crippen LogP contribution in [0.4, 0.5) is 13.6 Å². The topological polar surface area (TPSA) is 71.5 Å². The third-order valence-electron chi connectivity index (χ3n) is 2.77. The number of thiazole rings is 1. The number of aliphatic hydroxyl groups is 1. The maximum Gasteiger partial charge on any atom is 0.413 e. The molecule has 1 aromatic carbocycles. The number of nitrogens with one attached hydrogen (secondary N) is 1. The quantitative estimate of drug-likeness (QED) is 0.780. The number of halogens is 2. The van der Waals surface area contributed by atoms with Crippen LogP contribution < -0.4 is 10.1 Å². The van der Waals surface area contributed by atoms with Gasteiger partial charge < -0.3 is 15.2 Å². The maximum absolute atomic E-state index is 13.0. The number of hydrogen-bond donors (Lipinski definition) is 2. The molecular formula is C16H18F2N2O3S. The fraction of sp³-hybridized carbons (Fsp3) is 0.375. The van der Waals surface area contributed by atoms with Crippen molar-refractivity contribution in [3.8, 4) is 5.75 Å². The Morgan fingerprint density at radius 2 is 2.00 bits per heavy atom. The minimum absolute atomic E-state index is 0.236. The van der Waals surface area contributed by atoms with Crippen molar-refractivity contribution < 1.29 is 23.4 Å². The minimum atomic E-state index is -3.32. The lowest BCUT2D eigenvalue weighted by Crippen LogP contribution is -2.42. The van der Waals surface area contributed by atoms with Crippen LogP contribution in [0, 0.1) is 0 Å². The number of aliphatic hydroxyl groups excluding tert-OH is 1. The van der Waals surface area contributed by atoms with Crippen molar-refractivity contribution in [3.63, 3.8) is 0 Å². The lowest BCUT2D eigenvalue weighted by Gasteiger charge is -2.19. The summed E-state index contributed by atoms with van der Waals surface area (Å²) in [4.78, 5) is 15.9. The van der Waals surface area contributed by atoms with Crippen molar-refractivity contribution in [2.75, 3.05) is 0 Å². The van der Waals surface area contributed by atoms with E-state index in [9.17, 15) is 18.7 Å². The number of aromatic nitrogens is 1. The first-order chi connectivity index (χ1) is 10.9. The fourth-order valence-corrected chi connectivity index (χ4v) is 2.62. The van der Waals surface area contributed by atoms with Gasteiger partial charge >= 0.3 is 12.0 Å². The molecule has 130 valence electrons. The molecule has 2 rings (SSSR count). The molecule has 5 nitrogen and oxygen atoms in total. The molecule has 0 fully saturated rings. The summed E-state index contributed by atoms with van der Waals surface area (Å²) in [6.45, 7) is 6.08. The molecule has 0 radical (unpaired) electrons. The molecule has 0 aliphatic rings. The van der Waals surface area contributed by atoms with E-state index in [1.807, 2.05) is 20.8 Å². The van der Waals surface area contributed by atoms with Gasteiger partial charge in [0.25, 0.3) is 0 Å². The highest BCUT2D eigenvalue weighted by Crippen LogP contribution is 2.29. The summed E-state index contributed by atoms with van der Waals surface area (Å²) in [6.07, 6.45) is 0.331. The maximum atomic E-state index is 13.0. The zero-order valence-electron chi connectivity index (χ0n) is 13.7. The zero-order valence-corrected chi connectivity index (χ0v) is 14.5. The van der Waals surface area contributed by atoms with Gasteiger partial charge in [-0.25, -0.2) is 9.78 Å². The van der Waals surface area contributed by atoms with E-state index in [-0.39, 0.29) is 10.8 Å². The molecule has 0 aliphatic carbocycles. The van der Waals surface area contributed by atoms with Crippen LogP contribution in [0.15, 0.2) is 24.0 Å². The molecule has 0 bridgehead atoms. The van der Waals surface area contributed by atoms with Gasteiger partial charge in [0.15, 0.2) is 5.76 Å². The summed E-state index contributed by atoms with van der Waals surface area (Å²) < 4.78 is 31.9. The van der Waals surface area contributed by atoms with Crippen molar-refractivity contribution >= 4 is 33.7 Å². The Morgan fingerprint density at radius 3 is 2.58 bits per heavy atom. The monoisotopic (exact) mass is 356 g/mol. The number of amides is 1. The lowest BCUT2D eigenvalue weighted by molar-refractivity contribution is 0.0208. The highest BCUT2D eigenvalue weighted by atomic mass is 32.1. The van der Waals surface area contributed by atoms with Crippen molar-refractivity contribution in [1.82, 2.24) is 10.3 Å². The SMILES string of the molecule is CC(C)(C)NC(=O)Oc1ccc2sc(/C=C(\O)C(C)(F)F)nc2c1. The Morgan fingerprint density at radius 1 is 1.33 bits per heavy atom. The molecule has 0 atom stereocenters. The molecule has 0 saturated heterocycles. The molecule has 0 spiro atoms. The molecule has 24 heavy (non-hydrogen) atoms. The average Bonchev–Trinajstić information content (AvgIpc) is 2.76. The van der Waals surface area contributed by atoms with Crippen LogP contribution in [0.2, 0.25) is 0 Å². The summed E-state index contributed by atoms with van der Waals surface area (Å²) in [5.41, 5.74) is 0.0578. The number of rotatable bonds is 3. The van der Waals surface area contributed by atoms with E-state index in [0.29, 0.717) is 12.4 Å². The Kier molecular flexibility index (Phi) is 4.80. The van der Waals surface area contributed by atoms with Gasteiger partial charge in [0.1, 0.15) is 10.8 Å². The van der Waals surface area contributed by atoms with E-state index in [4.69, 9.17) is 4.74 Å². The van der Waals surface area contributed by atoms with Gasteiger partial charge in [-0.3, -0.25) is 0 Å². The molecule has 0 aliphatic heterocycles. The van der Waals surface area contributed by atoms with Gasteiger partial charge in [-0.2, -0.15) is 8.78 Å². The number of allylic oxidation sites excluding steroid dienone is 1. The summed E-state index contributed by atoms with van der Waals surface area (Å²) in [6, 6.07) is 4.79. The molecule has 1 amide bonds. The number of alkyl halides is 2. The molecular weight excluding hydrogens is 338 g/mol. The number of hydrogen-bond acceptors (Lipinski definition) is 5. The van der Waals surface area contributed by atoms with Gasteiger partial charge in [-0.05, 0) is 32.9 Å². The van der Waals surface area contributed by atoms with E-state index in [1.54, 1.807) is 12.1 Å². The van der Waals surface area contributed by atoms with Crippen molar-refractivity contribution in [3.05, 3.63) is 29.0 Å². The highest BCUT2D eigenvalue weighted by Gasteiger charge is 2.27. The number of fused-ring (bicyclic) bond motifs is 1. The second kappa shape index (κ2) is 6.35. The number of ether oxygens (including phenoxy) is 1. The average molecular weight is 356 g/mol. The van der Waals surface area contributed by atoms with Crippen LogP contribution in [0.5, 0.6) is 5.75 Å². The standard InChI is InChI=1S/C16H18F2N2O3S/c1-15(2,3)20-14(22)23-9-5-6-11-10(7-9)19-13(24-11)8-12(21)16(4,17)18/h5-8,21H,1-4H3,(H,20,22)/b12-8-. The van der Waals surface area contributed by atoms with Gasteiger partial charge in [-0.1, -0.05) is 0 Å². The van der Waals surface area contributed by atoms with Crippen LogP contribution in [-0.2, 0) is 0 Å². The fourth-order valence-electron chi connectivity index (χ4n) is 1.73. The molecule has 2 N–H and O–H groups in total. The van der Waals surface area contributed by atoms with Crippen LogP contribution in [-0.4, -0.2) is 27.6 Å². The number of benzene rings is 1. The van der Waals surface area contributed by atoms with E-state index >= 15 is 0 Å². The molecule has 8 heteroatoms. The van der Waals surface area contributed by atoms with Crippen molar-refractivity contribution in [1.29, 1.82) is 0 Å². The molecule has 0 saturated carbocycles. The van der Waals surface area contributed by atoms with Crippen LogP contribution in [0.3, 0.4) is 0 Å². The second-order valence-corrected chi connectivity index (χ2v) is 7.43. The predicted molar refractivity (Wildman–Crippen MR) is 89.8 cm³/mol. The lowest BCUT2D eigenvalue weighted by atomic mass is 10.1. The normalized spacial score (nSPS) is 13.2. The van der Waals surface area contributed by atoms with Gasteiger partial charge in [0, 0.05) is 24.6 Å². The highest BCUT2D eigenvalue weighted by molar-refractivity contribution is 7.19. The van der Waals surface area contributed by atoms with Crippen LogP contribution in [0.25, 0.3) is 16.3 Å². The van der Waals surface area contributed by atoms with E-state index < -0.39 is 23.3 Å². The predicted octanol–water partition coefficient (Wildman–Crippen LogP) is 4.74. The third kappa shape index (κ3) is 4.89. The van der Waals surface area contributed by atoms with Crippen molar-refractivity contribution in [2.24, 2.45) is 0 Å². The third-order valence-corrected chi connectivity index (χ3v) is 3.76. The Bertz CT molecular complexity index is 789. The zero-order chi connectivity index (χ0) is 18.1. The largest absolute Gasteiger partial charge is 0.506 e. The van der Waals surface area contributed by atoms with Crippen molar-refractivity contribution in [2.45, 2.75) is 39.2 Å². The minimum Gasteiger partial charge on any atom is -0.506 e. The smallest absolute Gasteiger partial charge is 0.413 e. The number of carbonyl (C=O) groups is 1. The summed E-state index contributed by atoms with van der Waals surface area (Å²) in [5.74, 6) is -4.09. The van der Waals surface area contributed by atoms with Gasteiger partial charge in [0.2, 0.25) is 0 Å². The Balaban J connectivity index is 2.22. The summed E-state index contributed by atoms with van der Waals surface area (Å²) >= 11 is 1.14. The molecule has 0 unspecified atom stereocenters. The van der Waals surface area contributed by atoms with Gasteiger partial charge in [0.05, 0.1) is 10.2 Å². The number of carbonyl (C=O) groups excluding carboxylic acids is 1. The second-order valence-electron chi connectivity index (χ2n) is 6.36. The first-order valence-corrected chi connectivity index (χ1v) is 7.95. The van der Waals surface area contributed by atoms with Gasteiger partial charge in [-0.15, -0.1) is 11.3 Å². The molecule has 1 heterocycles. The number of nitrogens with zero attached hydrogens (tertiary/aromatic N) is 1. The Hall–Kier alpha value is -2.22.